The van der Waals surface area contributed by atoms with E-state index in [0.717, 1.165) is 12.8 Å². The van der Waals surface area contributed by atoms with Gasteiger partial charge in [0.1, 0.15) is 0 Å². The molecule has 3 N–H and O–H groups in total. The van der Waals surface area contributed by atoms with Gasteiger partial charge < -0.3 is 4.89 Å². The number of hydrogen-bond donors (Lipinski definition) is 2. The second kappa shape index (κ2) is 12.1. The molecule has 1 atom stereocenters. The third-order valence-corrected chi connectivity index (χ3v) is 3.94. The fraction of sp³-hybridized carbons (Fsp3) is 0.400. The van der Waals surface area contributed by atoms with E-state index in [1.165, 1.54) is 11.1 Å². The van der Waals surface area contributed by atoms with Crippen LogP contribution in [0.15, 0.2) is 60.7 Å². The van der Waals surface area contributed by atoms with Gasteiger partial charge in [0.15, 0.2) is 0 Å². The highest BCUT2D eigenvalue weighted by molar-refractivity contribution is 7.43. The van der Waals surface area contributed by atoms with Gasteiger partial charge in [0.05, 0.1) is 0 Å². The number of rotatable bonds is 7. The summed E-state index contributed by atoms with van der Waals surface area (Å²) >= 11 is 0. The normalized spacial score (nSPS) is 12.2. The molecule has 0 aromatic heterocycles. The van der Waals surface area contributed by atoms with E-state index in [1.807, 2.05) is 27.7 Å². The molecule has 0 saturated carbocycles. The van der Waals surface area contributed by atoms with Crippen molar-refractivity contribution < 1.29 is 9.52 Å². The molecule has 25 heavy (non-hydrogen) atoms. The second-order valence-electron chi connectivity index (χ2n) is 6.40. The van der Waals surface area contributed by atoms with Crippen LogP contribution in [0.5, 0.6) is 0 Å². The molecule has 4 nitrogen and oxygen atoms in total. The molecule has 2 aromatic rings. The minimum absolute atomic E-state index is 0.232. The SMILES string of the molecule is CC(C)N(OP(N)O)C(C)C.c1ccc(CCc2ccccc2)cc1. The average molecular weight is 362 g/mol. The van der Waals surface area contributed by atoms with Crippen molar-refractivity contribution in [2.45, 2.75) is 52.6 Å². The summed E-state index contributed by atoms with van der Waals surface area (Å²) in [7, 11) is -1.78. The molecule has 0 saturated heterocycles. The first kappa shape index (κ1) is 21.8. The predicted octanol–water partition coefficient (Wildman–Crippen LogP) is 4.69. The number of aryl methyl sites for hydroxylation is 2. The van der Waals surface area contributed by atoms with Crippen LogP contribution in [-0.2, 0) is 17.5 Å². The monoisotopic (exact) mass is 362 g/mol. The quantitative estimate of drug-likeness (QED) is 0.554. The molecule has 5 heteroatoms. The van der Waals surface area contributed by atoms with Gasteiger partial charge in [0.2, 0.25) is 0 Å². The van der Waals surface area contributed by atoms with Crippen LogP contribution >= 0.6 is 8.53 Å². The first-order valence-electron chi connectivity index (χ1n) is 8.68. The summed E-state index contributed by atoms with van der Waals surface area (Å²) in [6.07, 6.45) is 2.26. The lowest BCUT2D eigenvalue weighted by Crippen LogP contribution is -2.36. The summed E-state index contributed by atoms with van der Waals surface area (Å²) in [6, 6.07) is 21.7. The molecule has 0 aliphatic carbocycles. The van der Waals surface area contributed by atoms with Crippen LogP contribution in [0.4, 0.5) is 0 Å². The summed E-state index contributed by atoms with van der Waals surface area (Å²) < 4.78 is 5.00. The molecule has 0 aliphatic rings. The Balaban J connectivity index is 0.000000260. The maximum Gasteiger partial charge on any atom is 0.268 e. The van der Waals surface area contributed by atoms with Gasteiger partial charge in [0, 0.05) is 12.1 Å². The molecular weight excluding hydrogens is 331 g/mol. The molecule has 2 aromatic carbocycles. The van der Waals surface area contributed by atoms with Crippen molar-refractivity contribution >= 4 is 8.53 Å². The Morgan fingerprint density at radius 3 is 1.44 bits per heavy atom. The Labute approximate surface area is 153 Å². The summed E-state index contributed by atoms with van der Waals surface area (Å²) in [4.78, 5) is 8.80. The fourth-order valence-corrected chi connectivity index (χ4v) is 3.03. The maximum atomic E-state index is 8.80. The van der Waals surface area contributed by atoms with Crippen molar-refractivity contribution in [1.29, 1.82) is 0 Å². The van der Waals surface area contributed by atoms with E-state index < -0.39 is 8.53 Å². The van der Waals surface area contributed by atoms with Crippen LogP contribution in [0, 0.1) is 0 Å². The average Bonchev–Trinajstić information content (AvgIpc) is 2.60. The van der Waals surface area contributed by atoms with Crippen molar-refractivity contribution in [3.05, 3.63) is 71.8 Å². The lowest BCUT2D eigenvalue weighted by molar-refractivity contribution is -0.109. The number of benzene rings is 2. The molecule has 0 spiro atoms. The molecule has 0 aliphatic heterocycles. The van der Waals surface area contributed by atoms with Gasteiger partial charge in [-0.2, -0.15) is 5.06 Å². The van der Waals surface area contributed by atoms with Crippen LogP contribution in [0.25, 0.3) is 0 Å². The lowest BCUT2D eigenvalue weighted by atomic mass is 10.0. The molecule has 1 unspecified atom stereocenters. The molecule has 0 bridgehead atoms. The van der Waals surface area contributed by atoms with Gasteiger partial charge in [-0.3, -0.25) is 5.50 Å². The first-order valence-corrected chi connectivity index (χ1v) is 9.96. The Kier molecular flexibility index (Phi) is 10.6. The van der Waals surface area contributed by atoms with Gasteiger partial charge in [-0.25, -0.2) is 4.62 Å². The maximum absolute atomic E-state index is 8.80. The second-order valence-corrected chi connectivity index (χ2v) is 7.17. The highest BCUT2D eigenvalue weighted by Crippen LogP contribution is 2.24. The van der Waals surface area contributed by atoms with Crippen LogP contribution in [-0.4, -0.2) is 22.0 Å². The summed E-state index contributed by atoms with van der Waals surface area (Å²) in [6.45, 7) is 7.94. The Hall–Kier alpha value is -1.29. The molecule has 0 heterocycles. The highest BCUT2D eigenvalue weighted by Gasteiger charge is 2.16. The van der Waals surface area contributed by atoms with E-state index in [2.05, 4.69) is 60.7 Å². The number of hydroxylamine groups is 2. The molecule has 0 fully saturated rings. The zero-order valence-corrected chi connectivity index (χ0v) is 16.6. The third kappa shape index (κ3) is 9.69. The van der Waals surface area contributed by atoms with E-state index in [-0.39, 0.29) is 12.1 Å². The van der Waals surface area contributed by atoms with E-state index in [9.17, 15) is 0 Å². The Morgan fingerprint density at radius 1 is 0.840 bits per heavy atom. The van der Waals surface area contributed by atoms with E-state index >= 15 is 0 Å². The van der Waals surface area contributed by atoms with Crippen molar-refractivity contribution in [3.63, 3.8) is 0 Å². The van der Waals surface area contributed by atoms with E-state index in [1.54, 1.807) is 5.06 Å². The van der Waals surface area contributed by atoms with Crippen LogP contribution in [0.2, 0.25) is 0 Å². The minimum Gasteiger partial charge on any atom is -0.337 e. The van der Waals surface area contributed by atoms with Crippen molar-refractivity contribution in [2.75, 3.05) is 0 Å². The van der Waals surface area contributed by atoms with Gasteiger partial charge in [-0.15, -0.1) is 0 Å². The molecule has 0 amide bonds. The molecule has 2 rings (SSSR count). The smallest absolute Gasteiger partial charge is 0.268 e. The molecule has 138 valence electrons. The largest absolute Gasteiger partial charge is 0.337 e. The minimum atomic E-state index is -1.78. The van der Waals surface area contributed by atoms with Gasteiger partial charge in [-0.05, 0) is 51.7 Å². The van der Waals surface area contributed by atoms with Gasteiger partial charge in [0.25, 0.3) is 8.53 Å². The predicted molar refractivity (Wildman–Crippen MR) is 107 cm³/mol. The topological polar surface area (TPSA) is 58.7 Å². The van der Waals surface area contributed by atoms with E-state index in [4.69, 9.17) is 15.0 Å². The lowest BCUT2D eigenvalue weighted by Gasteiger charge is -2.29. The van der Waals surface area contributed by atoms with Gasteiger partial charge >= 0.3 is 0 Å². The Morgan fingerprint density at radius 2 is 1.20 bits per heavy atom. The summed E-state index contributed by atoms with van der Waals surface area (Å²) in [5.74, 6) is 0. The molecule has 0 radical (unpaired) electrons. The zero-order chi connectivity index (χ0) is 18.7. The van der Waals surface area contributed by atoms with E-state index in [0.29, 0.717) is 0 Å². The number of nitrogens with zero attached hydrogens (tertiary/aromatic N) is 1. The Bertz CT molecular complexity index is 515. The fourth-order valence-electron chi connectivity index (χ4n) is 2.46. The summed E-state index contributed by atoms with van der Waals surface area (Å²) in [5.41, 5.74) is 7.95. The highest BCUT2D eigenvalue weighted by atomic mass is 31.2. The van der Waals surface area contributed by atoms with Crippen molar-refractivity contribution in [2.24, 2.45) is 5.50 Å². The third-order valence-electron chi connectivity index (χ3n) is 3.58. The number of hydrogen-bond acceptors (Lipinski definition) is 4. The standard InChI is InChI=1S/C14H14.C6H17N2O2P/c1-3-7-13(8-4-1)11-12-14-9-5-2-6-10-14;1-5(2)8(6(3)4)10-11(7)9/h1-10H,11-12H2;5-6,9H,7H2,1-4H3. The summed E-state index contributed by atoms with van der Waals surface area (Å²) in [5, 5.41) is 1.69. The van der Waals surface area contributed by atoms with Crippen LogP contribution in [0.3, 0.4) is 0 Å². The van der Waals surface area contributed by atoms with Gasteiger partial charge in [-0.1, -0.05) is 60.7 Å². The van der Waals surface area contributed by atoms with Crippen LogP contribution in [0.1, 0.15) is 38.8 Å². The van der Waals surface area contributed by atoms with Crippen molar-refractivity contribution in [1.82, 2.24) is 5.06 Å². The zero-order valence-electron chi connectivity index (χ0n) is 15.7. The van der Waals surface area contributed by atoms with Crippen molar-refractivity contribution in [3.8, 4) is 0 Å². The molecular formula is C20H31N2O2P. The first-order chi connectivity index (χ1) is 11.9. The van der Waals surface area contributed by atoms with Crippen LogP contribution < -0.4 is 5.50 Å². The number of nitrogens with two attached hydrogens (primary N) is 1.